The number of nitrogens with two attached hydrogens (primary N) is 1. The Morgan fingerprint density at radius 2 is 1.64 bits per heavy atom. The van der Waals surface area contributed by atoms with E-state index in [4.69, 9.17) is 5.73 Å². The van der Waals surface area contributed by atoms with Gasteiger partial charge in [0.05, 0.1) is 11.1 Å². The second-order valence-corrected chi connectivity index (χ2v) is 5.05. The first-order chi connectivity index (χ1) is 10.3. The summed E-state index contributed by atoms with van der Waals surface area (Å²) in [5, 5.41) is 0. The highest BCUT2D eigenvalue weighted by molar-refractivity contribution is 6.31. The summed E-state index contributed by atoms with van der Waals surface area (Å²) in [5.41, 5.74) is 5.26. The normalized spacial score (nSPS) is 17.7. The van der Waals surface area contributed by atoms with Crippen molar-refractivity contribution in [3.05, 3.63) is 64.7 Å². The van der Waals surface area contributed by atoms with Crippen LogP contribution in [-0.2, 0) is 6.18 Å². The fraction of sp³-hybridized carbons (Fsp3) is 0.125. The van der Waals surface area contributed by atoms with Crippen LogP contribution in [0.5, 0.6) is 0 Å². The molecule has 2 aromatic carbocycles. The molecule has 0 aliphatic heterocycles. The Hall–Kier alpha value is -2.63. The van der Waals surface area contributed by atoms with Gasteiger partial charge in [0.1, 0.15) is 5.92 Å². The molecule has 0 fully saturated rings. The Balaban J connectivity index is 2.10. The number of Topliss-reactive ketones (excluding diaryl/α,β-unsaturated/α-hetero) is 2. The molecule has 1 aliphatic carbocycles. The molecule has 2 N–H and O–H groups in total. The van der Waals surface area contributed by atoms with Gasteiger partial charge in [0, 0.05) is 11.3 Å². The highest BCUT2D eigenvalue weighted by atomic mass is 19.4. The summed E-state index contributed by atoms with van der Waals surface area (Å²) >= 11 is 0. The molecular formula is C16H10F3NO2. The van der Waals surface area contributed by atoms with Crippen LogP contribution in [0.25, 0.3) is 0 Å². The zero-order valence-electron chi connectivity index (χ0n) is 11.1. The lowest BCUT2D eigenvalue weighted by molar-refractivity contribution is -0.137. The van der Waals surface area contributed by atoms with Crippen molar-refractivity contribution in [2.75, 3.05) is 5.73 Å². The average Bonchev–Trinajstić information content (AvgIpc) is 2.71. The molecule has 0 heterocycles. The lowest BCUT2D eigenvalue weighted by Crippen LogP contribution is -2.14. The summed E-state index contributed by atoms with van der Waals surface area (Å²) in [4.78, 5) is 24.8. The second-order valence-electron chi connectivity index (χ2n) is 5.05. The van der Waals surface area contributed by atoms with E-state index in [1.807, 2.05) is 0 Å². The monoisotopic (exact) mass is 305 g/mol. The highest BCUT2D eigenvalue weighted by Gasteiger charge is 2.41. The summed E-state index contributed by atoms with van der Waals surface area (Å²) in [6.45, 7) is 0. The lowest BCUT2D eigenvalue weighted by atomic mass is 9.93. The van der Waals surface area contributed by atoms with E-state index < -0.39 is 29.2 Å². The molecule has 3 rings (SSSR count). The van der Waals surface area contributed by atoms with E-state index in [1.165, 1.54) is 30.3 Å². The number of rotatable bonds is 1. The van der Waals surface area contributed by atoms with Crippen LogP contribution in [0.15, 0.2) is 42.5 Å². The molecule has 2 aromatic rings. The van der Waals surface area contributed by atoms with Gasteiger partial charge in [-0.2, -0.15) is 13.2 Å². The number of ketones is 2. The van der Waals surface area contributed by atoms with E-state index in [9.17, 15) is 22.8 Å². The SMILES string of the molecule is Nc1cccc2c1C(=O)C(c1cccc(C(F)(F)F)c1)C2=O. The Bertz CT molecular complexity index is 796. The number of alkyl halides is 3. The average molecular weight is 305 g/mol. The molecule has 3 nitrogen and oxygen atoms in total. The Kier molecular flexibility index (Phi) is 3.05. The largest absolute Gasteiger partial charge is 0.416 e. The van der Waals surface area contributed by atoms with Crippen LogP contribution in [0.3, 0.4) is 0 Å². The van der Waals surface area contributed by atoms with Crippen molar-refractivity contribution in [2.24, 2.45) is 0 Å². The number of anilines is 1. The van der Waals surface area contributed by atoms with Gasteiger partial charge in [-0.25, -0.2) is 0 Å². The Morgan fingerprint density at radius 1 is 0.955 bits per heavy atom. The highest BCUT2D eigenvalue weighted by Crippen LogP contribution is 2.38. The van der Waals surface area contributed by atoms with Gasteiger partial charge in [-0.15, -0.1) is 0 Å². The summed E-state index contributed by atoms with van der Waals surface area (Å²) in [6.07, 6.45) is -4.54. The third-order valence-corrected chi connectivity index (χ3v) is 3.68. The van der Waals surface area contributed by atoms with E-state index in [0.29, 0.717) is 0 Å². The first-order valence-corrected chi connectivity index (χ1v) is 6.45. The number of hydrogen-bond donors (Lipinski definition) is 1. The number of benzene rings is 2. The molecule has 22 heavy (non-hydrogen) atoms. The first-order valence-electron chi connectivity index (χ1n) is 6.45. The minimum Gasteiger partial charge on any atom is -0.398 e. The molecule has 0 radical (unpaired) electrons. The number of hydrogen-bond acceptors (Lipinski definition) is 3. The fourth-order valence-corrected chi connectivity index (χ4v) is 2.67. The third-order valence-electron chi connectivity index (χ3n) is 3.68. The predicted octanol–water partition coefficient (Wildman–Crippen LogP) is 3.45. The Labute approximate surface area is 123 Å². The van der Waals surface area contributed by atoms with Crippen LogP contribution < -0.4 is 5.73 Å². The standard InChI is InChI=1S/C16H10F3NO2/c17-16(18,19)9-4-1-3-8(7-9)12-14(21)10-5-2-6-11(20)13(10)15(12)22/h1-7,12H,20H2. The van der Waals surface area contributed by atoms with Crippen molar-refractivity contribution < 1.29 is 22.8 Å². The predicted molar refractivity (Wildman–Crippen MR) is 73.7 cm³/mol. The molecule has 1 atom stereocenters. The number of nitrogen functional groups attached to an aromatic ring is 1. The molecule has 1 unspecified atom stereocenters. The maximum absolute atomic E-state index is 12.8. The van der Waals surface area contributed by atoms with Crippen LogP contribution in [-0.4, -0.2) is 11.6 Å². The van der Waals surface area contributed by atoms with Crippen molar-refractivity contribution in [3.63, 3.8) is 0 Å². The zero-order chi connectivity index (χ0) is 16.1. The molecule has 0 aromatic heterocycles. The van der Waals surface area contributed by atoms with Crippen LogP contribution in [0, 0.1) is 0 Å². The summed E-state index contributed by atoms with van der Waals surface area (Å²) in [7, 11) is 0. The van der Waals surface area contributed by atoms with Crippen molar-refractivity contribution in [1.82, 2.24) is 0 Å². The zero-order valence-corrected chi connectivity index (χ0v) is 11.1. The van der Waals surface area contributed by atoms with Gasteiger partial charge in [-0.3, -0.25) is 9.59 Å². The summed E-state index contributed by atoms with van der Waals surface area (Å²) < 4.78 is 38.4. The molecule has 6 heteroatoms. The quantitative estimate of drug-likeness (QED) is 0.648. The van der Waals surface area contributed by atoms with Gasteiger partial charge in [0.2, 0.25) is 0 Å². The van der Waals surface area contributed by atoms with Crippen molar-refractivity contribution >= 4 is 17.3 Å². The van der Waals surface area contributed by atoms with Gasteiger partial charge in [0.15, 0.2) is 11.6 Å². The lowest BCUT2D eigenvalue weighted by Gasteiger charge is -2.11. The van der Waals surface area contributed by atoms with Gasteiger partial charge in [-0.1, -0.05) is 30.3 Å². The van der Waals surface area contributed by atoms with E-state index >= 15 is 0 Å². The van der Waals surface area contributed by atoms with Gasteiger partial charge < -0.3 is 5.73 Å². The van der Waals surface area contributed by atoms with Crippen LogP contribution in [0.2, 0.25) is 0 Å². The molecule has 0 saturated heterocycles. The van der Waals surface area contributed by atoms with E-state index in [0.717, 1.165) is 12.1 Å². The molecule has 112 valence electrons. The minimum atomic E-state index is -4.54. The first kappa shape index (κ1) is 14.3. The topological polar surface area (TPSA) is 60.2 Å². The van der Waals surface area contributed by atoms with Crippen molar-refractivity contribution in [2.45, 2.75) is 12.1 Å². The second kappa shape index (κ2) is 4.69. The summed E-state index contributed by atoms with van der Waals surface area (Å²) in [6, 6.07) is 8.74. The molecule has 1 aliphatic rings. The maximum Gasteiger partial charge on any atom is 0.416 e. The number of carbonyl (C=O) groups excluding carboxylic acids is 2. The molecular weight excluding hydrogens is 295 g/mol. The summed E-state index contributed by atoms with van der Waals surface area (Å²) in [5.74, 6) is -2.34. The van der Waals surface area contributed by atoms with Gasteiger partial charge >= 0.3 is 6.18 Å². The number of carbonyl (C=O) groups is 2. The van der Waals surface area contributed by atoms with E-state index in [2.05, 4.69) is 0 Å². The minimum absolute atomic E-state index is 0.0282. The van der Waals surface area contributed by atoms with E-state index in [1.54, 1.807) is 0 Å². The maximum atomic E-state index is 12.8. The molecule has 0 spiro atoms. The Morgan fingerprint density at radius 3 is 2.27 bits per heavy atom. The van der Waals surface area contributed by atoms with Crippen LogP contribution in [0.4, 0.5) is 18.9 Å². The van der Waals surface area contributed by atoms with Crippen LogP contribution >= 0.6 is 0 Å². The molecule has 0 saturated carbocycles. The molecule has 0 bridgehead atoms. The smallest absolute Gasteiger partial charge is 0.398 e. The third kappa shape index (κ3) is 2.07. The van der Waals surface area contributed by atoms with Crippen LogP contribution in [0.1, 0.15) is 37.8 Å². The van der Waals surface area contributed by atoms with Gasteiger partial charge in [-0.05, 0) is 17.7 Å². The van der Waals surface area contributed by atoms with Crippen molar-refractivity contribution in [3.8, 4) is 0 Å². The molecule has 0 amide bonds. The van der Waals surface area contributed by atoms with E-state index in [-0.39, 0.29) is 22.4 Å². The number of halogens is 3. The fourth-order valence-electron chi connectivity index (χ4n) is 2.67. The number of fused-ring (bicyclic) bond motifs is 1. The van der Waals surface area contributed by atoms with Crippen molar-refractivity contribution in [1.29, 1.82) is 0 Å². The van der Waals surface area contributed by atoms with Gasteiger partial charge in [0.25, 0.3) is 0 Å².